The Bertz CT molecular complexity index is 1070. The Morgan fingerprint density at radius 3 is 2.93 bits per heavy atom. The first-order valence-electron chi connectivity index (χ1n) is 10.7. The number of aryl methyl sites for hydroxylation is 3. The molecule has 0 radical (unpaired) electrons. The first kappa shape index (κ1) is 19.3. The van der Waals surface area contributed by atoms with Gasteiger partial charge in [-0.25, -0.2) is 4.98 Å². The zero-order valence-corrected chi connectivity index (χ0v) is 18.7. The van der Waals surface area contributed by atoms with Gasteiger partial charge in [-0.05, 0) is 50.0 Å². The van der Waals surface area contributed by atoms with Crippen molar-refractivity contribution in [1.82, 2.24) is 24.5 Å². The zero-order chi connectivity index (χ0) is 20.0. The van der Waals surface area contributed by atoms with Gasteiger partial charge in [-0.2, -0.15) is 0 Å². The summed E-state index contributed by atoms with van der Waals surface area (Å²) in [6, 6.07) is 0. The fraction of sp³-hybridized carbons (Fsp3) is 0.619. The van der Waals surface area contributed by atoms with E-state index in [0.717, 1.165) is 60.2 Å². The molecule has 154 valence electrons. The number of aromatic nitrogens is 4. The number of thiophene rings is 1. The second-order valence-corrected chi connectivity index (χ2v) is 10.3. The summed E-state index contributed by atoms with van der Waals surface area (Å²) in [5.41, 5.74) is 2.35. The van der Waals surface area contributed by atoms with E-state index in [9.17, 15) is 4.79 Å². The molecule has 0 N–H and O–H groups in total. The minimum atomic E-state index is 0.207. The van der Waals surface area contributed by atoms with Gasteiger partial charge in [0.15, 0.2) is 10.8 Å². The summed E-state index contributed by atoms with van der Waals surface area (Å²) >= 11 is 3.33. The van der Waals surface area contributed by atoms with Crippen LogP contribution < -0.4 is 0 Å². The van der Waals surface area contributed by atoms with Crippen molar-refractivity contribution in [3.8, 4) is 0 Å². The van der Waals surface area contributed by atoms with E-state index < -0.39 is 0 Å². The number of hydrogen-bond acceptors (Lipinski definition) is 6. The largest absolute Gasteiger partial charge is 0.342 e. The van der Waals surface area contributed by atoms with E-state index in [0.29, 0.717) is 11.7 Å². The van der Waals surface area contributed by atoms with Gasteiger partial charge in [0, 0.05) is 24.4 Å². The molecular formula is C21H27N5OS2. The van der Waals surface area contributed by atoms with Crippen LogP contribution in [-0.4, -0.2) is 49.2 Å². The van der Waals surface area contributed by atoms with Crippen LogP contribution in [0.3, 0.4) is 0 Å². The molecule has 0 unspecified atom stereocenters. The van der Waals surface area contributed by atoms with Crippen LogP contribution in [0.15, 0.2) is 5.16 Å². The van der Waals surface area contributed by atoms with Crippen LogP contribution in [0.2, 0.25) is 0 Å². The van der Waals surface area contributed by atoms with Crippen LogP contribution in [0.5, 0.6) is 0 Å². The monoisotopic (exact) mass is 429 g/mol. The third-order valence-corrected chi connectivity index (χ3v) is 8.25. The molecule has 2 aliphatic rings. The maximum atomic E-state index is 12.7. The van der Waals surface area contributed by atoms with Crippen molar-refractivity contribution in [2.24, 2.45) is 5.92 Å². The van der Waals surface area contributed by atoms with E-state index in [-0.39, 0.29) is 5.91 Å². The summed E-state index contributed by atoms with van der Waals surface area (Å²) in [5.74, 6) is 2.20. The molecule has 3 aromatic heterocycles. The predicted octanol–water partition coefficient (Wildman–Crippen LogP) is 4.13. The summed E-state index contributed by atoms with van der Waals surface area (Å²) in [5, 5.41) is 11.0. The lowest BCUT2D eigenvalue weighted by Gasteiger charge is -2.30. The fourth-order valence-electron chi connectivity index (χ4n) is 4.66. The average molecular weight is 430 g/mol. The van der Waals surface area contributed by atoms with Crippen molar-refractivity contribution in [1.29, 1.82) is 0 Å². The van der Waals surface area contributed by atoms with Crippen molar-refractivity contribution >= 4 is 44.9 Å². The Hall–Kier alpha value is -1.67. The van der Waals surface area contributed by atoms with Gasteiger partial charge in [-0.3, -0.25) is 9.20 Å². The van der Waals surface area contributed by atoms with E-state index >= 15 is 0 Å². The summed E-state index contributed by atoms with van der Waals surface area (Å²) < 4.78 is 2.10. The SMILES string of the molecule is CCc1nc2sc3c(c2c2nnc(SCC(=O)N4CCC[C@H](C)C4)n12)CCCC3. The van der Waals surface area contributed by atoms with E-state index in [1.165, 1.54) is 46.9 Å². The van der Waals surface area contributed by atoms with Gasteiger partial charge in [0.05, 0.1) is 11.1 Å². The predicted molar refractivity (Wildman–Crippen MR) is 118 cm³/mol. The van der Waals surface area contributed by atoms with E-state index in [1.54, 1.807) is 0 Å². The number of piperidine rings is 1. The number of fused-ring (bicyclic) bond motifs is 5. The summed E-state index contributed by atoms with van der Waals surface area (Å²) in [6.07, 6.45) is 7.91. The van der Waals surface area contributed by atoms with Crippen LogP contribution >= 0.6 is 23.1 Å². The second kappa shape index (κ2) is 7.87. The number of hydrogen-bond donors (Lipinski definition) is 0. The molecule has 8 heteroatoms. The highest BCUT2D eigenvalue weighted by Crippen LogP contribution is 2.38. The van der Waals surface area contributed by atoms with E-state index in [1.807, 2.05) is 16.2 Å². The Balaban J connectivity index is 1.47. The van der Waals surface area contributed by atoms with Gasteiger partial charge in [0.25, 0.3) is 0 Å². The van der Waals surface area contributed by atoms with Gasteiger partial charge in [-0.15, -0.1) is 21.5 Å². The molecule has 0 spiro atoms. The molecule has 1 atom stereocenters. The minimum Gasteiger partial charge on any atom is -0.342 e. The molecule has 0 saturated carbocycles. The van der Waals surface area contributed by atoms with Crippen molar-refractivity contribution in [3.63, 3.8) is 0 Å². The van der Waals surface area contributed by atoms with Crippen LogP contribution in [0.4, 0.5) is 0 Å². The lowest BCUT2D eigenvalue weighted by atomic mass is 9.97. The van der Waals surface area contributed by atoms with Crippen LogP contribution in [0.1, 0.15) is 55.8 Å². The molecule has 1 fully saturated rings. The zero-order valence-electron chi connectivity index (χ0n) is 17.1. The highest BCUT2D eigenvalue weighted by atomic mass is 32.2. The number of thioether (sulfide) groups is 1. The molecular weight excluding hydrogens is 402 g/mol. The van der Waals surface area contributed by atoms with Gasteiger partial charge in [0.1, 0.15) is 10.7 Å². The van der Waals surface area contributed by atoms with Crippen molar-refractivity contribution in [2.45, 2.75) is 63.9 Å². The maximum absolute atomic E-state index is 12.7. The average Bonchev–Trinajstić information content (AvgIpc) is 3.32. The minimum absolute atomic E-state index is 0.207. The molecule has 0 bridgehead atoms. The third-order valence-electron chi connectivity index (χ3n) is 6.15. The molecule has 0 aromatic carbocycles. The van der Waals surface area contributed by atoms with Crippen LogP contribution in [0.25, 0.3) is 15.9 Å². The Labute approximate surface area is 179 Å². The summed E-state index contributed by atoms with van der Waals surface area (Å²) in [4.78, 5) is 22.3. The molecule has 4 heterocycles. The molecule has 3 aromatic rings. The molecule has 1 saturated heterocycles. The van der Waals surface area contributed by atoms with Crippen molar-refractivity contribution < 1.29 is 4.79 Å². The van der Waals surface area contributed by atoms with Crippen molar-refractivity contribution in [2.75, 3.05) is 18.8 Å². The number of likely N-dealkylation sites (tertiary alicyclic amines) is 1. The highest BCUT2D eigenvalue weighted by molar-refractivity contribution is 7.99. The lowest BCUT2D eigenvalue weighted by molar-refractivity contribution is -0.130. The Kier molecular flexibility index (Phi) is 5.24. The first-order chi connectivity index (χ1) is 14.2. The van der Waals surface area contributed by atoms with Gasteiger partial charge in [0.2, 0.25) is 5.91 Å². The molecule has 5 rings (SSSR count). The number of carbonyl (C=O) groups excluding carboxylic acids is 1. The Morgan fingerprint density at radius 1 is 1.24 bits per heavy atom. The second-order valence-electron chi connectivity index (χ2n) is 8.29. The maximum Gasteiger partial charge on any atom is 0.233 e. The normalized spacial score (nSPS) is 19.8. The molecule has 1 aliphatic heterocycles. The summed E-state index contributed by atoms with van der Waals surface area (Å²) in [6.45, 7) is 6.11. The third kappa shape index (κ3) is 3.44. The topological polar surface area (TPSA) is 63.4 Å². The lowest BCUT2D eigenvalue weighted by Crippen LogP contribution is -2.40. The van der Waals surface area contributed by atoms with Gasteiger partial charge >= 0.3 is 0 Å². The van der Waals surface area contributed by atoms with Crippen LogP contribution in [-0.2, 0) is 24.1 Å². The molecule has 6 nitrogen and oxygen atoms in total. The smallest absolute Gasteiger partial charge is 0.233 e. The van der Waals surface area contributed by atoms with Gasteiger partial charge < -0.3 is 4.90 Å². The number of nitrogens with zero attached hydrogens (tertiary/aromatic N) is 5. The molecule has 1 amide bonds. The number of carbonyl (C=O) groups is 1. The number of rotatable bonds is 4. The van der Waals surface area contributed by atoms with Crippen molar-refractivity contribution in [3.05, 3.63) is 16.3 Å². The van der Waals surface area contributed by atoms with Gasteiger partial charge in [-0.1, -0.05) is 25.6 Å². The standard InChI is InChI=1S/C21H27N5OS2/c1-3-16-22-20-18(14-8-4-5-9-15(14)29-20)19-23-24-21(26(16)19)28-12-17(27)25-10-6-7-13(2)11-25/h13H,3-12H2,1-2H3/t13-/m0/s1. The quantitative estimate of drug-likeness (QED) is 0.584. The fourth-order valence-corrected chi connectivity index (χ4v) is 6.79. The highest BCUT2D eigenvalue weighted by Gasteiger charge is 2.25. The Morgan fingerprint density at radius 2 is 2.10 bits per heavy atom. The molecule has 1 aliphatic carbocycles. The number of amides is 1. The summed E-state index contributed by atoms with van der Waals surface area (Å²) in [7, 11) is 0. The first-order valence-corrected chi connectivity index (χ1v) is 12.5. The van der Waals surface area contributed by atoms with Crippen LogP contribution in [0, 0.1) is 5.92 Å². The van der Waals surface area contributed by atoms with E-state index in [4.69, 9.17) is 4.98 Å². The molecule has 29 heavy (non-hydrogen) atoms. The van der Waals surface area contributed by atoms with E-state index in [2.05, 4.69) is 28.4 Å².